The van der Waals surface area contributed by atoms with E-state index in [2.05, 4.69) is 6.92 Å². The van der Waals surface area contributed by atoms with Crippen LogP contribution in [0.5, 0.6) is 0 Å². The second kappa shape index (κ2) is 8.87. The van der Waals surface area contributed by atoms with Crippen LogP contribution < -0.4 is 0 Å². The van der Waals surface area contributed by atoms with Crippen molar-refractivity contribution >= 4 is 0 Å². The van der Waals surface area contributed by atoms with Gasteiger partial charge in [-0.25, -0.2) is 0 Å². The van der Waals surface area contributed by atoms with Crippen molar-refractivity contribution in [2.45, 2.75) is 77.2 Å². The summed E-state index contributed by atoms with van der Waals surface area (Å²) >= 11 is 0. The second-order valence-electron chi connectivity index (χ2n) is 6.89. The SMILES string of the molecule is CCCCOC1CCC(C2CCC(C=C(F)F)CC2)CC1. The lowest BCUT2D eigenvalue weighted by Crippen LogP contribution is -2.28. The second-order valence-corrected chi connectivity index (χ2v) is 6.89. The number of ether oxygens (including phenoxy) is 1. The van der Waals surface area contributed by atoms with Gasteiger partial charge >= 0.3 is 0 Å². The van der Waals surface area contributed by atoms with Gasteiger partial charge in [0.15, 0.2) is 0 Å². The fourth-order valence-electron chi connectivity index (χ4n) is 4.08. The highest BCUT2D eigenvalue weighted by Crippen LogP contribution is 2.41. The summed E-state index contributed by atoms with van der Waals surface area (Å²) in [5.74, 6) is 1.71. The summed E-state index contributed by atoms with van der Waals surface area (Å²) in [6.07, 6.45) is 11.7. The molecule has 122 valence electrons. The Balaban J connectivity index is 1.66. The van der Waals surface area contributed by atoms with Crippen molar-refractivity contribution in [1.82, 2.24) is 0 Å². The zero-order valence-corrected chi connectivity index (χ0v) is 13.3. The Kier molecular flexibility index (Phi) is 7.15. The molecule has 0 aromatic heterocycles. The lowest BCUT2D eigenvalue weighted by molar-refractivity contribution is 0.00641. The highest BCUT2D eigenvalue weighted by atomic mass is 19.3. The van der Waals surface area contributed by atoms with Crippen LogP contribution in [0.4, 0.5) is 8.78 Å². The minimum absolute atomic E-state index is 0.125. The van der Waals surface area contributed by atoms with Crippen LogP contribution in [0, 0.1) is 17.8 Å². The number of halogens is 2. The summed E-state index contributed by atoms with van der Waals surface area (Å²) in [5, 5.41) is 0. The molecular weight excluding hydrogens is 270 g/mol. The van der Waals surface area contributed by atoms with E-state index in [-0.39, 0.29) is 5.92 Å². The van der Waals surface area contributed by atoms with Gasteiger partial charge in [0.1, 0.15) is 0 Å². The molecule has 3 heteroatoms. The average molecular weight is 300 g/mol. The van der Waals surface area contributed by atoms with Crippen molar-refractivity contribution in [3.8, 4) is 0 Å². The quantitative estimate of drug-likeness (QED) is 0.551. The van der Waals surface area contributed by atoms with Gasteiger partial charge in [0, 0.05) is 6.61 Å². The smallest absolute Gasteiger partial charge is 0.266 e. The maximum Gasteiger partial charge on any atom is 0.266 e. The van der Waals surface area contributed by atoms with Crippen LogP contribution >= 0.6 is 0 Å². The van der Waals surface area contributed by atoms with E-state index >= 15 is 0 Å². The predicted octanol–water partition coefficient (Wildman–Crippen LogP) is 5.95. The summed E-state index contributed by atoms with van der Waals surface area (Å²) in [7, 11) is 0. The summed E-state index contributed by atoms with van der Waals surface area (Å²) in [6.45, 7) is 3.11. The first kappa shape index (κ1) is 16.9. The summed E-state index contributed by atoms with van der Waals surface area (Å²) in [5.41, 5.74) is 0. The van der Waals surface area contributed by atoms with Crippen molar-refractivity contribution in [3.63, 3.8) is 0 Å². The van der Waals surface area contributed by atoms with Gasteiger partial charge in [-0.05, 0) is 81.6 Å². The first-order valence-electron chi connectivity index (χ1n) is 8.83. The number of hydrogen-bond acceptors (Lipinski definition) is 1. The molecule has 0 unspecified atom stereocenters. The van der Waals surface area contributed by atoms with Crippen molar-refractivity contribution in [2.24, 2.45) is 17.8 Å². The molecule has 1 nitrogen and oxygen atoms in total. The minimum atomic E-state index is -1.50. The molecule has 2 aliphatic rings. The summed E-state index contributed by atoms with van der Waals surface area (Å²) in [6, 6.07) is 0. The molecule has 0 atom stereocenters. The highest BCUT2D eigenvalue weighted by molar-refractivity contribution is 4.92. The zero-order chi connectivity index (χ0) is 15.1. The van der Waals surface area contributed by atoms with E-state index in [4.69, 9.17) is 4.74 Å². The van der Waals surface area contributed by atoms with Gasteiger partial charge in [0.2, 0.25) is 0 Å². The normalized spacial score (nSPS) is 33.7. The van der Waals surface area contributed by atoms with Crippen LogP contribution in [0.25, 0.3) is 0 Å². The number of unbranched alkanes of at least 4 members (excludes halogenated alkanes) is 1. The third kappa shape index (κ3) is 5.69. The molecule has 0 bridgehead atoms. The molecule has 0 radical (unpaired) electrons. The van der Waals surface area contributed by atoms with Crippen molar-refractivity contribution in [3.05, 3.63) is 12.2 Å². The Morgan fingerprint density at radius 2 is 1.52 bits per heavy atom. The Morgan fingerprint density at radius 1 is 0.952 bits per heavy atom. The van der Waals surface area contributed by atoms with E-state index in [1.807, 2.05) is 0 Å². The van der Waals surface area contributed by atoms with Crippen molar-refractivity contribution < 1.29 is 13.5 Å². The number of allylic oxidation sites excluding steroid dienone is 1. The maximum absolute atomic E-state index is 12.3. The van der Waals surface area contributed by atoms with Crippen molar-refractivity contribution in [2.75, 3.05) is 6.61 Å². The minimum Gasteiger partial charge on any atom is -0.378 e. The van der Waals surface area contributed by atoms with E-state index in [1.54, 1.807) is 0 Å². The lowest BCUT2D eigenvalue weighted by Gasteiger charge is -2.37. The van der Waals surface area contributed by atoms with Gasteiger partial charge in [0.25, 0.3) is 6.08 Å². The van der Waals surface area contributed by atoms with E-state index in [1.165, 1.54) is 44.6 Å². The van der Waals surface area contributed by atoms with E-state index in [9.17, 15) is 8.78 Å². The van der Waals surface area contributed by atoms with Crippen LogP contribution in [0.15, 0.2) is 12.2 Å². The van der Waals surface area contributed by atoms with Crippen LogP contribution in [0.1, 0.15) is 71.1 Å². The van der Waals surface area contributed by atoms with Gasteiger partial charge in [-0.15, -0.1) is 0 Å². The van der Waals surface area contributed by atoms with E-state index < -0.39 is 6.08 Å². The van der Waals surface area contributed by atoms with E-state index in [0.717, 1.165) is 44.1 Å². The molecule has 0 spiro atoms. The predicted molar refractivity (Wildman–Crippen MR) is 82.4 cm³/mol. The Bertz CT molecular complexity index is 309. The third-order valence-corrected chi connectivity index (χ3v) is 5.42. The largest absolute Gasteiger partial charge is 0.378 e. The fourth-order valence-corrected chi connectivity index (χ4v) is 4.08. The zero-order valence-electron chi connectivity index (χ0n) is 13.3. The van der Waals surface area contributed by atoms with E-state index in [0.29, 0.717) is 6.10 Å². The number of rotatable bonds is 6. The van der Waals surface area contributed by atoms with Gasteiger partial charge < -0.3 is 4.74 Å². The monoisotopic (exact) mass is 300 g/mol. The molecule has 2 aliphatic carbocycles. The topological polar surface area (TPSA) is 9.23 Å². The molecule has 0 aromatic carbocycles. The first-order valence-corrected chi connectivity index (χ1v) is 8.83. The van der Waals surface area contributed by atoms with Gasteiger partial charge in [-0.3, -0.25) is 0 Å². The van der Waals surface area contributed by atoms with Gasteiger partial charge in [-0.2, -0.15) is 8.78 Å². The molecule has 0 aliphatic heterocycles. The van der Waals surface area contributed by atoms with Gasteiger partial charge in [-0.1, -0.05) is 13.3 Å². The highest BCUT2D eigenvalue weighted by Gasteiger charge is 2.30. The van der Waals surface area contributed by atoms with Crippen molar-refractivity contribution in [1.29, 1.82) is 0 Å². The molecule has 0 aromatic rings. The van der Waals surface area contributed by atoms with Gasteiger partial charge in [0.05, 0.1) is 6.10 Å². The molecular formula is C18H30F2O. The Labute approximate surface area is 128 Å². The Morgan fingerprint density at radius 3 is 2.05 bits per heavy atom. The average Bonchev–Trinajstić information content (AvgIpc) is 2.49. The molecule has 2 rings (SSSR count). The molecule has 0 heterocycles. The molecule has 2 saturated carbocycles. The first-order chi connectivity index (χ1) is 10.2. The lowest BCUT2D eigenvalue weighted by atomic mass is 9.70. The Hall–Kier alpha value is -0.440. The molecule has 0 N–H and O–H groups in total. The molecule has 2 fully saturated rings. The standard InChI is InChI=1S/C18H30F2O/c1-2-3-12-21-17-10-8-16(9-11-17)15-6-4-14(5-7-15)13-18(19)20/h13-17H,2-12H2,1H3. The van der Waals surface area contributed by atoms with Crippen LogP contribution in [0.3, 0.4) is 0 Å². The van der Waals surface area contributed by atoms with Crippen LogP contribution in [-0.4, -0.2) is 12.7 Å². The number of hydrogen-bond donors (Lipinski definition) is 0. The fraction of sp³-hybridized carbons (Fsp3) is 0.889. The summed E-state index contributed by atoms with van der Waals surface area (Å²) in [4.78, 5) is 0. The van der Waals surface area contributed by atoms with Crippen LogP contribution in [-0.2, 0) is 4.74 Å². The maximum atomic E-state index is 12.3. The molecule has 0 saturated heterocycles. The third-order valence-electron chi connectivity index (χ3n) is 5.42. The molecule has 21 heavy (non-hydrogen) atoms. The van der Waals surface area contributed by atoms with Crippen LogP contribution in [0.2, 0.25) is 0 Å². The molecule has 0 amide bonds. The summed E-state index contributed by atoms with van der Waals surface area (Å²) < 4.78 is 30.5.